The minimum absolute atomic E-state index is 0.0536. The van der Waals surface area contributed by atoms with Crippen molar-refractivity contribution >= 4 is 21.6 Å². The van der Waals surface area contributed by atoms with Gasteiger partial charge in [-0.3, -0.25) is 9.52 Å². The van der Waals surface area contributed by atoms with E-state index in [0.29, 0.717) is 24.2 Å². The number of aryl methyl sites for hydroxylation is 3. The number of amides is 1. The van der Waals surface area contributed by atoms with Crippen LogP contribution >= 0.6 is 0 Å². The summed E-state index contributed by atoms with van der Waals surface area (Å²) in [5.74, 6) is -0.680. The van der Waals surface area contributed by atoms with Gasteiger partial charge in [0, 0.05) is 17.8 Å². The molecule has 2 N–H and O–H groups in total. The minimum Gasteiger partial charge on any atom is -0.352 e. The van der Waals surface area contributed by atoms with Crippen LogP contribution in [0.2, 0.25) is 0 Å². The summed E-state index contributed by atoms with van der Waals surface area (Å²) in [6, 6.07) is 16.1. The summed E-state index contributed by atoms with van der Waals surface area (Å²) in [7, 11) is -3.87. The topological polar surface area (TPSA) is 75.3 Å². The van der Waals surface area contributed by atoms with Gasteiger partial charge in [0.2, 0.25) is 0 Å². The maximum absolute atomic E-state index is 13.0. The molecule has 0 atom stereocenters. The summed E-state index contributed by atoms with van der Waals surface area (Å²) in [5.41, 5.74) is 4.07. The minimum atomic E-state index is -3.87. The van der Waals surface area contributed by atoms with Crippen molar-refractivity contribution in [1.29, 1.82) is 0 Å². The van der Waals surface area contributed by atoms with E-state index in [-0.39, 0.29) is 22.2 Å². The van der Waals surface area contributed by atoms with Crippen LogP contribution in [0.5, 0.6) is 0 Å². The van der Waals surface area contributed by atoms with Crippen LogP contribution in [0.3, 0.4) is 0 Å². The van der Waals surface area contributed by atoms with Gasteiger partial charge in [-0.1, -0.05) is 24.3 Å². The Hall–Kier alpha value is -3.19. The first-order valence-electron chi connectivity index (χ1n) is 9.88. The Bertz CT molecular complexity index is 1190. The number of sulfonamides is 1. The predicted molar refractivity (Wildman–Crippen MR) is 120 cm³/mol. The summed E-state index contributed by atoms with van der Waals surface area (Å²) >= 11 is 0. The van der Waals surface area contributed by atoms with Gasteiger partial charge >= 0.3 is 0 Å². The molecule has 0 fully saturated rings. The maximum atomic E-state index is 13.0. The van der Waals surface area contributed by atoms with Gasteiger partial charge in [0.05, 0.1) is 4.90 Å². The van der Waals surface area contributed by atoms with Crippen LogP contribution < -0.4 is 10.0 Å². The molecule has 3 aromatic carbocycles. The molecular formula is C24H25FN2O3S. The van der Waals surface area contributed by atoms with Gasteiger partial charge < -0.3 is 5.32 Å². The fourth-order valence-electron chi connectivity index (χ4n) is 3.35. The third-order valence-electron chi connectivity index (χ3n) is 4.83. The molecule has 0 aromatic heterocycles. The number of nitrogens with one attached hydrogen (secondary N) is 2. The third-order valence-corrected chi connectivity index (χ3v) is 6.35. The highest BCUT2D eigenvalue weighted by Gasteiger charge is 2.19. The lowest BCUT2D eigenvalue weighted by atomic mass is 10.1. The van der Waals surface area contributed by atoms with Gasteiger partial charge in [-0.2, -0.15) is 0 Å². The van der Waals surface area contributed by atoms with Crippen molar-refractivity contribution in [3.63, 3.8) is 0 Å². The van der Waals surface area contributed by atoms with Crippen LogP contribution in [0, 0.1) is 26.6 Å². The Balaban J connectivity index is 1.73. The lowest BCUT2D eigenvalue weighted by Gasteiger charge is -2.13. The quantitative estimate of drug-likeness (QED) is 0.567. The average Bonchev–Trinajstić information content (AvgIpc) is 2.68. The summed E-state index contributed by atoms with van der Waals surface area (Å²) in [4.78, 5) is 12.6. The molecule has 0 aliphatic heterocycles. The van der Waals surface area contributed by atoms with Crippen molar-refractivity contribution < 1.29 is 17.6 Å². The Kier molecular flexibility index (Phi) is 6.75. The molecule has 0 spiro atoms. The molecular weight excluding hydrogens is 415 g/mol. The van der Waals surface area contributed by atoms with E-state index in [1.54, 1.807) is 43.3 Å². The Morgan fingerprint density at radius 2 is 1.55 bits per heavy atom. The van der Waals surface area contributed by atoms with Crippen molar-refractivity contribution in [2.75, 3.05) is 11.3 Å². The second kappa shape index (κ2) is 9.31. The zero-order chi connectivity index (χ0) is 22.6. The maximum Gasteiger partial charge on any atom is 0.262 e. The SMILES string of the molecule is Cc1cc(C)cc(NS(=O)(=O)c2cc(C(=O)NCCc3ccc(F)cc3)ccc2C)c1. The highest BCUT2D eigenvalue weighted by molar-refractivity contribution is 7.92. The summed E-state index contributed by atoms with van der Waals surface area (Å²) < 4.78 is 41.5. The lowest BCUT2D eigenvalue weighted by molar-refractivity contribution is 0.0954. The molecule has 3 aromatic rings. The first-order valence-corrected chi connectivity index (χ1v) is 11.4. The molecule has 0 bridgehead atoms. The molecule has 0 saturated heterocycles. The largest absolute Gasteiger partial charge is 0.352 e. The fraction of sp³-hybridized carbons (Fsp3) is 0.208. The van der Waals surface area contributed by atoms with Gasteiger partial charge in [0.1, 0.15) is 5.82 Å². The average molecular weight is 441 g/mol. The molecule has 7 heteroatoms. The van der Waals surface area contributed by atoms with Crippen molar-refractivity contribution in [3.05, 3.63) is 94.3 Å². The van der Waals surface area contributed by atoms with Crippen molar-refractivity contribution in [2.24, 2.45) is 0 Å². The Morgan fingerprint density at radius 3 is 2.19 bits per heavy atom. The van der Waals surface area contributed by atoms with Crippen LogP contribution in [0.25, 0.3) is 0 Å². The molecule has 5 nitrogen and oxygen atoms in total. The number of carbonyl (C=O) groups excluding carboxylic acids is 1. The number of rotatable bonds is 7. The number of carbonyl (C=O) groups is 1. The van der Waals surface area contributed by atoms with Crippen molar-refractivity contribution in [2.45, 2.75) is 32.1 Å². The Labute approximate surface area is 182 Å². The summed E-state index contributed by atoms with van der Waals surface area (Å²) in [5, 5.41) is 2.78. The monoisotopic (exact) mass is 440 g/mol. The van der Waals surface area contributed by atoms with Crippen LogP contribution in [0.1, 0.15) is 32.6 Å². The van der Waals surface area contributed by atoms with Gasteiger partial charge in [-0.15, -0.1) is 0 Å². The van der Waals surface area contributed by atoms with Gasteiger partial charge in [-0.05, 0) is 85.8 Å². The number of anilines is 1. The molecule has 0 radical (unpaired) electrons. The van der Waals surface area contributed by atoms with Crippen LogP contribution in [-0.2, 0) is 16.4 Å². The van der Waals surface area contributed by atoms with E-state index in [1.165, 1.54) is 18.2 Å². The van der Waals surface area contributed by atoms with Gasteiger partial charge in [-0.25, -0.2) is 12.8 Å². The van der Waals surface area contributed by atoms with E-state index in [2.05, 4.69) is 10.0 Å². The normalized spacial score (nSPS) is 11.2. The molecule has 3 rings (SSSR count). The van der Waals surface area contributed by atoms with E-state index < -0.39 is 10.0 Å². The molecule has 0 aliphatic carbocycles. The van der Waals surface area contributed by atoms with E-state index in [0.717, 1.165) is 16.7 Å². The highest BCUT2D eigenvalue weighted by atomic mass is 32.2. The van der Waals surface area contributed by atoms with Crippen LogP contribution in [0.4, 0.5) is 10.1 Å². The van der Waals surface area contributed by atoms with Crippen LogP contribution in [-0.4, -0.2) is 20.9 Å². The van der Waals surface area contributed by atoms with Gasteiger partial charge in [0.25, 0.3) is 15.9 Å². The van der Waals surface area contributed by atoms with E-state index in [1.807, 2.05) is 19.9 Å². The third kappa shape index (κ3) is 5.92. The number of benzene rings is 3. The molecule has 1 amide bonds. The second-order valence-electron chi connectivity index (χ2n) is 7.59. The first kappa shape index (κ1) is 22.5. The van der Waals surface area contributed by atoms with E-state index >= 15 is 0 Å². The molecule has 0 aliphatic rings. The first-order chi connectivity index (χ1) is 14.6. The van der Waals surface area contributed by atoms with E-state index in [4.69, 9.17) is 0 Å². The second-order valence-corrected chi connectivity index (χ2v) is 9.25. The predicted octanol–water partition coefficient (Wildman–Crippen LogP) is 4.52. The fourth-order valence-corrected chi connectivity index (χ4v) is 4.66. The molecule has 162 valence electrons. The summed E-state index contributed by atoms with van der Waals surface area (Å²) in [6.07, 6.45) is 0.539. The number of hydrogen-bond acceptors (Lipinski definition) is 3. The van der Waals surface area contributed by atoms with Crippen molar-refractivity contribution in [1.82, 2.24) is 5.32 Å². The standard InChI is InChI=1S/C24H25FN2O3S/c1-16-12-17(2)14-22(13-16)27-31(29,30)23-15-20(7-4-18(23)3)24(28)26-11-10-19-5-8-21(25)9-6-19/h4-9,12-15,27H,10-11H2,1-3H3,(H,26,28). The molecule has 0 heterocycles. The van der Waals surface area contributed by atoms with Gasteiger partial charge in [0.15, 0.2) is 0 Å². The Morgan fingerprint density at radius 1 is 0.903 bits per heavy atom. The number of halogens is 1. The smallest absolute Gasteiger partial charge is 0.262 e. The van der Waals surface area contributed by atoms with E-state index in [9.17, 15) is 17.6 Å². The van der Waals surface area contributed by atoms with Crippen molar-refractivity contribution in [3.8, 4) is 0 Å². The zero-order valence-corrected chi connectivity index (χ0v) is 18.5. The number of hydrogen-bond donors (Lipinski definition) is 2. The molecule has 0 saturated carbocycles. The lowest BCUT2D eigenvalue weighted by Crippen LogP contribution is -2.26. The molecule has 0 unspecified atom stereocenters. The summed E-state index contributed by atoms with van der Waals surface area (Å²) in [6.45, 7) is 5.83. The highest BCUT2D eigenvalue weighted by Crippen LogP contribution is 2.22. The molecule has 31 heavy (non-hydrogen) atoms. The zero-order valence-electron chi connectivity index (χ0n) is 17.7. The van der Waals surface area contributed by atoms with Crippen LogP contribution in [0.15, 0.2) is 65.6 Å².